The first kappa shape index (κ1) is 13.3. The van der Waals surface area contributed by atoms with Crippen LogP contribution in [0.3, 0.4) is 0 Å². The van der Waals surface area contributed by atoms with Gasteiger partial charge in [-0.3, -0.25) is 0 Å². The Hall–Kier alpha value is -2.69. The zero-order valence-electron chi connectivity index (χ0n) is 12.3. The van der Waals surface area contributed by atoms with E-state index < -0.39 is 0 Å². The van der Waals surface area contributed by atoms with Crippen molar-refractivity contribution >= 4 is 16.7 Å². The summed E-state index contributed by atoms with van der Waals surface area (Å²) >= 11 is 0. The molecular weight excluding hydrogens is 266 g/mol. The maximum atomic E-state index is 6.09. The lowest BCUT2D eigenvalue weighted by Crippen LogP contribution is -1.97. The van der Waals surface area contributed by atoms with Gasteiger partial charge in [-0.15, -0.1) is 0 Å². The van der Waals surface area contributed by atoms with Crippen molar-refractivity contribution in [2.24, 2.45) is 7.05 Å². The number of nitrogens with zero attached hydrogens (tertiary/aromatic N) is 2. The molecule has 1 aromatic heterocycles. The number of ether oxygens (including phenoxy) is 2. The van der Waals surface area contributed by atoms with Crippen LogP contribution in [-0.4, -0.2) is 23.8 Å². The first-order valence-corrected chi connectivity index (χ1v) is 6.58. The van der Waals surface area contributed by atoms with Crippen LogP contribution in [0.25, 0.3) is 22.4 Å². The number of aryl methyl sites for hydroxylation is 1. The van der Waals surface area contributed by atoms with Crippen LogP contribution in [0.2, 0.25) is 0 Å². The lowest BCUT2D eigenvalue weighted by molar-refractivity contribution is 0.415. The molecule has 0 radical (unpaired) electrons. The molecule has 0 fully saturated rings. The number of hydrogen-bond donors (Lipinski definition) is 1. The van der Waals surface area contributed by atoms with E-state index in [4.69, 9.17) is 15.2 Å². The molecule has 0 aliphatic rings. The zero-order chi connectivity index (χ0) is 15.0. The number of rotatable bonds is 3. The van der Waals surface area contributed by atoms with Gasteiger partial charge < -0.3 is 19.8 Å². The molecule has 3 aromatic rings. The number of nitrogen functional groups attached to an aromatic ring is 1. The average Bonchev–Trinajstić information content (AvgIpc) is 2.84. The van der Waals surface area contributed by atoms with Gasteiger partial charge in [0.25, 0.3) is 0 Å². The predicted molar refractivity (Wildman–Crippen MR) is 83.7 cm³/mol. The minimum Gasteiger partial charge on any atom is -0.497 e. The van der Waals surface area contributed by atoms with Crippen LogP contribution >= 0.6 is 0 Å². The molecule has 0 saturated heterocycles. The highest BCUT2D eigenvalue weighted by Crippen LogP contribution is 2.32. The second-order valence-corrected chi connectivity index (χ2v) is 4.80. The molecule has 0 amide bonds. The van der Waals surface area contributed by atoms with Crippen molar-refractivity contribution in [1.82, 2.24) is 9.55 Å². The smallest absolute Gasteiger partial charge is 0.143 e. The molecule has 5 nitrogen and oxygen atoms in total. The molecule has 2 N–H and O–H groups in total. The van der Waals surface area contributed by atoms with E-state index in [2.05, 4.69) is 4.98 Å². The highest BCUT2D eigenvalue weighted by Gasteiger charge is 2.13. The van der Waals surface area contributed by atoms with Crippen LogP contribution in [0.5, 0.6) is 11.5 Å². The van der Waals surface area contributed by atoms with Crippen molar-refractivity contribution in [3.05, 3.63) is 36.4 Å². The van der Waals surface area contributed by atoms with Gasteiger partial charge in [-0.1, -0.05) is 0 Å². The summed E-state index contributed by atoms with van der Waals surface area (Å²) in [5.74, 6) is 2.34. The molecule has 0 spiro atoms. The molecule has 0 unspecified atom stereocenters. The standard InChI is InChI=1S/C16H17N3O2/c1-19-15-7-5-11(21-3)9-14(15)18-16(19)12-8-10(20-2)4-6-13(12)17/h4-9H,17H2,1-3H3. The number of methoxy groups -OCH3 is 2. The summed E-state index contributed by atoms with van der Waals surface area (Å²) < 4.78 is 12.5. The number of imidazole rings is 1. The van der Waals surface area contributed by atoms with Gasteiger partial charge in [-0.05, 0) is 30.3 Å². The Kier molecular flexibility index (Phi) is 3.17. The van der Waals surface area contributed by atoms with Crippen LogP contribution in [-0.2, 0) is 7.05 Å². The average molecular weight is 283 g/mol. The third-order valence-electron chi connectivity index (χ3n) is 3.59. The van der Waals surface area contributed by atoms with Gasteiger partial charge in [0.2, 0.25) is 0 Å². The molecule has 3 rings (SSSR count). The summed E-state index contributed by atoms with van der Waals surface area (Å²) in [4.78, 5) is 4.67. The molecule has 0 aliphatic carbocycles. The van der Waals surface area contributed by atoms with Crippen molar-refractivity contribution in [1.29, 1.82) is 0 Å². The summed E-state index contributed by atoms with van der Waals surface area (Å²) in [6, 6.07) is 11.4. The Balaban J connectivity index is 2.23. The topological polar surface area (TPSA) is 62.3 Å². The summed E-state index contributed by atoms with van der Waals surface area (Å²) in [7, 11) is 5.25. The van der Waals surface area contributed by atoms with Crippen LogP contribution in [0.1, 0.15) is 0 Å². The van der Waals surface area contributed by atoms with Crippen molar-refractivity contribution in [2.75, 3.05) is 20.0 Å². The van der Waals surface area contributed by atoms with Crippen molar-refractivity contribution in [3.63, 3.8) is 0 Å². The molecule has 108 valence electrons. The molecule has 2 aromatic carbocycles. The predicted octanol–water partition coefficient (Wildman–Crippen LogP) is 2.84. The maximum Gasteiger partial charge on any atom is 0.143 e. The fourth-order valence-electron chi connectivity index (χ4n) is 2.40. The molecule has 0 atom stereocenters. The van der Waals surface area contributed by atoms with E-state index in [-0.39, 0.29) is 0 Å². The summed E-state index contributed by atoms with van der Waals surface area (Å²) in [5.41, 5.74) is 9.50. The fraction of sp³-hybridized carbons (Fsp3) is 0.188. The van der Waals surface area contributed by atoms with Gasteiger partial charge in [0.05, 0.1) is 25.3 Å². The third-order valence-corrected chi connectivity index (χ3v) is 3.59. The Morgan fingerprint density at radius 2 is 1.67 bits per heavy atom. The minimum atomic E-state index is 0.668. The number of hydrogen-bond acceptors (Lipinski definition) is 4. The first-order chi connectivity index (χ1) is 10.1. The Bertz CT molecular complexity index is 809. The lowest BCUT2D eigenvalue weighted by atomic mass is 10.1. The Morgan fingerprint density at radius 3 is 2.38 bits per heavy atom. The summed E-state index contributed by atoms with van der Waals surface area (Å²) in [6.07, 6.45) is 0. The van der Waals surface area contributed by atoms with E-state index in [0.29, 0.717) is 5.69 Å². The molecule has 0 saturated carbocycles. The third kappa shape index (κ3) is 2.16. The highest BCUT2D eigenvalue weighted by molar-refractivity contribution is 5.84. The van der Waals surface area contributed by atoms with Gasteiger partial charge >= 0.3 is 0 Å². The van der Waals surface area contributed by atoms with Crippen LogP contribution in [0, 0.1) is 0 Å². The van der Waals surface area contributed by atoms with Gasteiger partial charge in [0.1, 0.15) is 17.3 Å². The van der Waals surface area contributed by atoms with Gasteiger partial charge in [-0.2, -0.15) is 0 Å². The number of benzene rings is 2. The zero-order valence-corrected chi connectivity index (χ0v) is 12.3. The van der Waals surface area contributed by atoms with E-state index in [9.17, 15) is 0 Å². The van der Waals surface area contributed by atoms with E-state index in [1.165, 1.54) is 0 Å². The molecule has 1 heterocycles. The van der Waals surface area contributed by atoms with Crippen LogP contribution < -0.4 is 15.2 Å². The maximum absolute atomic E-state index is 6.09. The molecule has 0 bridgehead atoms. The Morgan fingerprint density at radius 1 is 1.00 bits per heavy atom. The van der Waals surface area contributed by atoms with Crippen molar-refractivity contribution < 1.29 is 9.47 Å². The fourth-order valence-corrected chi connectivity index (χ4v) is 2.40. The SMILES string of the molecule is COc1ccc(N)c(-c2nc3cc(OC)ccc3n2C)c1. The summed E-state index contributed by atoms with van der Waals surface area (Å²) in [5, 5.41) is 0. The lowest BCUT2D eigenvalue weighted by Gasteiger charge is -2.08. The van der Waals surface area contributed by atoms with E-state index in [0.717, 1.165) is 33.9 Å². The molecule has 0 aliphatic heterocycles. The van der Waals surface area contributed by atoms with Gasteiger partial charge in [0, 0.05) is 24.4 Å². The minimum absolute atomic E-state index is 0.668. The number of anilines is 1. The molecular formula is C16H17N3O2. The van der Waals surface area contributed by atoms with E-state index >= 15 is 0 Å². The quantitative estimate of drug-likeness (QED) is 0.751. The largest absolute Gasteiger partial charge is 0.497 e. The van der Waals surface area contributed by atoms with Gasteiger partial charge in [-0.25, -0.2) is 4.98 Å². The Labute approximate surface area is 122 Å². The van der Waals surface area contributed by atoms with Gasteiger partial charge in [0.15, 0.2) is 0 Å². The number of nitrogens with two attached hydrogens (primary N) is 1. The highest BCUT2D eigenvalue weighted by atomic mass is 16.5. The normalized spacial score (nSPS) is 10.8. The second kappa shape index (κ2) is 5.01. The van der Waals surface area contributed by atoms with Crippen molar-refractivity contribution in [2.45, 2.75) is 0 Å². The second-order valence-electron chi connectivity index (χ2n) is 4.80. The molecule has 21 heavy (non-hydrogen) atoms. The number of aromatic nitrogens is 2. The van der Waals surface area contributed by atoms with E-state index in [1.807, 2.05) is 48.0 Å². The summed E-state index contributed by atoms with van der Waals surface area (Å²) in [6.45, 7) is 0. The number of fused-ring (bicyclic) bond motifs is 1. The van der Waals surface area contributed by atoms with Crippen LogP contribution in [0.15, 0.2) is 36.4 Å². The van der Waals surface area contributed by atoms with Crippen molar-refractivity contribution in [3.8, 4) is 22.9 Å². The first-order valence-electron chi connectivity index (χ1n) is 6.58. The van der Waals surface area contributed by atoms with Crippen LogP contribution in [0.4, 0.5) is 5.69 Å². The van der Waals surface area contributed by atoms with E-state index in [1.54, 1.807) is 14.2 Å². The molecule has 5 heteroatoms. The monoisotopic (exact) mass is 283 g/mol.